The highest BCUT2D eigenvalue weighted by Crippen LogP contribution is 2.37. The Morgan fingerprint density at radius 2 is 1.40 bits per heavy atom. The van der Waals surface area contributed by atoms with E-state index in [0.29, 0.717) is 0 Å². The molecular weight excluding hydrogens is 182 g/mol. The van der Waals surface area contributed by atoms with Crippen molar-refractivity contribution in [3.05, 3.63) is 24.0 Å². The third-order valence-corrected chi connectivity index (χ3v) is 2.82. The molecular formula is C14H27N. The fraction of sp³-hybridized carbons (Fsp3) is 0.714. The van der Waals surface area contributed by atoms with E-state index in [-0.39, 0.29) is 10.8 Å². The summed E-state index contributed by atoms with van der Waals surface area (Å²) in [6.07, 6.45) is 1.88. The molecule has 0 saturated carbocycles. The van der Waals surface area contributed by atoms with Crippen LogP contribution in [-0.4, -0.2) is 11.9 Å². The SMILES string of the molecule is C=CN(C)/C(=C(\C)C(C)(C)C)C(C)(C)C. The largest absolute Gasteiger partial charge is 0.355 e. The van der Waals surface area contributed by atoms with Crippen LogP contribution in [0.25, 0.3) is 0 Å². The summed E-state index contributed by atoms with van der Waals surface area (Å²) >= 11 is 0. The molecule has 0 atom stereocenters. The summed E-state index contributed by atoms with van der Waals surface area (Å²) in [6, 6.07) is 0. The fourth-order valence-electron chi connectivity index (χ4n) is 1.80. The Morgan fingerprint density at radius 1 is 1.00 bits per heavy atom. The van der Waals surface area contributed by atoms with Gasteiger partial charge in [-0.3, -0.25) is 0 Å². The Hall–Kier alpha value is -0.720. The van der Waals surface area contributed by atoms with E-state index < -0.39 is 0 Å². The third kappa shape index (κ3) is 3.73. The standard InChI is InChI=1S/C14H27N/c1-10-15(9)12(14(6,7)8)11(2)13(3,4)5/h10H,1H2,2-9H3/b12-11+. The monoisotopic (exact) mass is 209 g/mol. The first kappa shape index (κ1) is 14.3. The Morgan fingerprint density at radius 3 is 1.60 bits per heavy atom. The van der Waals surface area contributed by atoms with E-state index in [9.17, 15) is 0 Å². The van der Waals surface area contributed by atoms with Gasteiger partial charge in [-0.1, -0.05) is 48.1 Å². The van der Waals surface area contributed by atoms with Crippen molar-refractivity contribution in [3.63, 3.8) is 0 Å². The maximum absolute atomic E-state index is 3.85. The van der Waals surface area contributed by atoms with Crippen molar-refractivity contribution >= 4 is 0 Å². The minimum atomic E-state index is 0.153. The molecule has 15 heavy (non-hydrogen) atoms. The van der Waals surface area contributed by atoms with Crippen LogP contribution in [0.1, 0.15) is 48.5 Å². The lowest BCUT2D eigenvalue weighted by Gasteiger charge is -2.36. The second-order valence-corrected chi connectivity index (χ2v) is 6.27. The van der Waals surface area contributed by atoms with Crippen LogP contribution in [0.3, 0.4) is 0 Å². The zero-order valence-electron chi connectivity index (χ0n) is 11.7. The summed E-state index contributed by atoms with van der Waals surface area (Å²) in [6.45, 7) is 19.6. The van der Waals surface area contributed by atoms with Crippen LogP contribution in [0.4, 0.5) is 0 Å². The molecule has 88 valence electrons. The molecule has 0 radical (unpaired) electrons. The van der Waals surface area contributed by atoms with Crippen LogP contribution in [0.15, 0.2) is 24.0 Å². The van der Waals surface area contributed by atoms with Crippen LogP contribution < -0.4 is 0 Å². The van der Waals surface area contributed by atoms with Gasteiger partial charge in [-0.05, 0) is 24.1 Å². The van der Waals surface area contributed by atoms with Gasteiger partial charge < -0.3 is 4.90 Å². The summed E-state index contributed by atoms with van der Waals surface area (Å²) < 4.78 is 0. The fourth-order valence-corrected chi connectivity index (χ4v) is 1.80. The topological polar surface area (TPSA) is 3.24 Å². The lowest BCUT2D eigenvalue weighted by Crippen LogP contribution is -2.27. The van der Waals surface area contributed by atoms with Gasteiger partial charge in [0.2, 0.25) is 0 Å². The molecule has 0 amide bonds. The third-order valence-electron chi connectivity index (χ3n) is 2.82. The van der Waals surface area contributed by atoms with Gasteiger partial charge in [0.25, 0.3) is 0 Å². The lowest BCUT2D eigenvalue weighted by atomic mass is 9.79. The smallest absolute Gasteiger partial charge is 0.0219 e. The molecule has 0 aromatic rings. The maximum Gasteiger partial charge on any atom is 0.0219 e. The molecule has 0 rings (SSSR count). The zero-order valence-corrected chi connectivity index (χ0v) is 11.7. The predicted octanol–water partition coefficient (Wildman–Crippen LogP) is 4.43. The highest BCUT2D eigenvalue weighted by atomic mass is 15.1. The van der Waals surface area contributed by atoms with Crippen molar-refractivity contribution in [2.24, 2.45) is 10.8 Å². The van der Waals surface area contributed by atoms with Crippen LogP contribution in [-0.2, 0) is 0 Å². The average Bonchev–Trinajstić information content (AvgIpc) is 1.99. The van der Waals surface area contributed by atoms with Gasteiger partial charge in [-0.2, -0.15) is 0 Å². The molecule has 0 saturated heterocycles. The summed E-state index contributed by atoms with van der Waals surface area (Å²) in [5.41, 5.74) is 3.16. The Bertz CT molecular complexity index is 258. The molecule has 0 fully saturated rings. The second-order valence-electron chi connectivity index (χ2n) is 6.27. The minimum absolute atomic E-state index is 0.153. The highest BCUT2D eigenvalue weighted by molar-refractivity contribution is 5.23. The molecule has 0 aromatic carbocycles. The van der Waals surface area contributed by atoms with Gasteiger partial charge in [-0.25, -0.2) is 0 Å². The van der Waals surface area contributed by atoms with Crippen molar-refractivity contribution < 1.29 is 0 Å². The zero-order chi connectivity index (χ0) is 12.4. The van der Waals surface area contributed by atoms with Gasteiger partial charge >= 0.3 is 0 Å². The molecule has 0 spiro atoms. The van der Waals surface area contributed by atoms with Crippen molar-refractivity contribution in [1.29, 1.82) is 0 Å². The number of hydrogen-bond donors (Lipinski definition) is 0. The first-order valence-electron chi connectivity index (χ1n) is 5.59. The maximum atomic E-state index is 3.85. The van der Waals surface area contributed by atoms with Crippen molar-refractivity contribution in [2.45, 2.75) is 48.5 Å². The first-order chi connectivity index (χ1) is 6.51. The molecule has 0 aliphatic rings. The Balaban J connectivity index is 5.57. The number of nitrogens with zero attached hydrogens (tertiary/aromatic N) is 1. The normalized spacial score (nSPS) is 14.7. The van der Waals surface area contributed by atoms with E-state index in [2.05, 4.69) is 67.0 Å². The van der Waals surface area contributed by atoms with Crippen LogP contribution in [0, 0.1) is 10.8 Å². The Kier molecular flexibility index (Phi) is 4.21. The van der Waals surface area contributed by atoms with E-state index in [4.69, 9.17) is 0 Å². The minimum Gasteiger partial charge on any atom is -0.355 e. The van der Waals surface area contributed by atoms with E-state index in [1.54, 1.807) is 0 Å². The molecule has 0 aromatic heterocycles. The molecule has 0 aliphatic heterocycles. The molecule has 0 unspecified atom stereocenters. The van der Waals surface area contributed by atoms with E-state index in [1.165, 1.54) is 11.3 Å². The number of hydrogen-bond acceptors (Lipinski definition) is 1. The molecule has 1 heteroatoms. The summed E-state index contributed by atoms with van der Waals surface area (Å²) in [5, 5.41) is 0. The molecule has 0 aliphatic carbocycles. The van der Waals surface area contributed by atoms with Gasteiger partial charge in [0.1, 0.15) is 0 Å². The van der Waals surface area contributed by atoms with Crippen molar-refractivity contribution in [1.82, 2.24) is 4.90 Å². The molecule has 0 bridgehead atoms. The van der Waals surface area contributed by atoms with E-state index in [1.807, 2.05) is 6.20 Å². The lowest BCUT2D eigenvalue weighted by molar-refractivity contribution is 0.347. The highest BCUT2D eigenvalue weighted by Gasteiger charge is 2.26. The van der Waals surface area contributed by atoms with Crippen LogP contribution in [0.2, 0.25) is 0 Å². The van der Waals surface area contributed by atoms with Gasteiger partial charge in [-0.15, -0.1) is 0 Å². The van der Waals surface area contributed by atoms with E-state index in [0.717, 1.165) is 0 Å². The van der Waals surface area contributed by atoms with Gasteiger partial charge in [0.15, 0.2) is 0 Å². The Labute approximate surface area is 95.9 Å². The summed E-state index contributed by atoms with van der Waals surface area (Å²) in [5.74, 6) is 0. The number of rotatable bonds is 2. The van der Waals surface area contributed by atoms with Crippen LogP contribution in [0.5, 0.6) is 0 Å². The molecule has 1 nitrogen and oxygen atoms in total. The quantitative estimate of drug-likeness (QED) is 0.650. The average molecular weight is 209 g/mol. The first-order valence-corrected chi connectivity index (χ1v) is 5.59. The second kappa shape index (κ2) is 4.42. The van der Waals surface area contributed by atoms with E-state index >= 15 is 0 Å². The van der Waals surface area contributed by atoms with Crippen molar-refractivity contribution in [2.75, 3.05) is 7.05 Å². The predicted molar refractivity (Wildman–Crippen MR) is 69.6 cm³/mol. The summed E-state index contributed by atoms with van der Waals surface area (Å²) in [4.78, 5) is 2.14. The van der Waals surface area contributed by atoms with Crippen LogP contribution >= 0.6 is 0 Å². The molecule has 0 heterocycles. The van der Waals surface area contributed by atoms with Gasteiger partial charge in [0.05, 0.1) is 0 Å². The molecule has 0 N–H and O–H groups in total. The number of allylic oxidation sites excluding steroid dienone is 2. The van der Waals surface area contributed by atoms with Gasteiger partial charge in [0, 0.05) is 18.2 Å². The summed E-state index contributed by atoms with van der Waals surface area (Å²) in [7, 11) is 2.07. The van der Waals surface area contributed by atoms with Crippen molar-refractivity contribution in [3.8, 4) is 0 Å².